The van der Waals surface area contributed by atoms with Crippen molar-refractivity contribution in [3.8, 4) is 11.5 Å². The highest BCUT2D eigenvalue weighted by atomic mass is 32.1. The molecule has 0 saturated carbocycles. The number of aliphatic hydroxyl groups is 1. The Kier molecular flexibility index (Phi) is 2.93. The maximum Gasteiger partial charge on any atom is 0.144 e. The van der Waals surface area contributed by atoms with Gasteiger partial charge in [-0.1, -0.05) is 0 Å². The average molecular weight is 263 g/mol. The maximum absolute atomic E-state index is 10.2. The molecule has 2 aromatic rings. The zero-order chi connectivity index (χ0) is 12.5. The molecule has 1 N–H and O–H groups in total. The minimum Gasteiger partial charge on any atom is -0.497 e. The zero-order valence-electron chi connectivity index (χ0n) is 9.87. The van der Waals surface area contributed by atoms with E-state index in [0.717, 1.165) is 17.0 Å². The predicted octanol–water partition coefficient (Wildman–Crippen LogP) is 2.71. The van der Waals surface area contributed by atoms with Gasteiger partial charge in [0.25, 0.3) is 0 Å². The number of thiazole rings is 1. The number of fused-ring (bicyclic) bond motifs is 1. The third-order valence-electron chi connectivity index (χ3n) is 3.06. The summed E-state index contributed by atoms with van der Waals surface area (Å²) in [6, 6.07) is 5.47. The van der Waals surface area contributed by atoms with Gasteiger partial charge in [0, 0.05) is 17.4 Å². The van der Waals surface area contributed by atoms with Crippen LogP contribution in [0.15, 0.2) is 29.1 Å². The molecule has 3 rings (SSSR count). The van der Waals surface area contributed by atoms with Crippen LogP contribution in [0.5, 0.6) is 11.5 Å². The summed E-state index contributed by atoms with van der Waals surface area (Å²) in [5, 5.41) is 12.1. The minimum absolute atomic E-state index is 0.174. The molecule has 0 bridgehead atoms. The number of benzene rings is 1. The molecule has 5 heteroatoms. The summed E-state index contributed by atoms with van der Waals surface area (Å²) < 4.78 is 11.0. The van der Waals surface area contributed by atoms with Crippen molar-refractivity contribution in [1.29, 1.82) is 0 Å². The van der Waals surface area contributed by atoms with Crippen LogP contribution >= 0.6 is 11.3 Å². The first-order valence-corrected chi connectivity index (χ1v) is 6.63. The molecule has 0 saturated heterocycles. The third kappa shape index (κ3) is 1.95. The fourth-order valence-electron chi connectivity index (χ4n) is 2.11. The van der Waals surface area contributed by atoms with Gasteiger partial charge in [-0.2, -0.15) is 0 Å². The zero-order valence-corrected chi connectivity index (χ0v) is 10.7. The lowest BCUT2D eigenvalue weighted by atomic mass is 9.97. The lowest BCUT2D eigenvalue weighted by molar-refractivity contribution is 0.0637. The first-order valence-electron chi connectivity index (χ1n) is 5.68. The average Bonchev–Trinajstić information content (AvgIpc) is 2.92. The summed E-state index contributed by atoms with van der Waals surface area (Å²) in [7, 11) is 1.61. The van der Waals surface area contributed by atoms with Gasteiger partial charge in [0.05, 0.1) is 24.4 Å². The quantitative estimate of drug-likeness (QED) is 0.905. The second-order valence-corrected chi connectivity index (χ2v) is 4.89. The van der Waals surface area contributed by atoms with E-state index in [2.05, 4.69) is 4.98 Å². The molecule has 4 nitrogen and oxygen atoms in total. The molecular formula is C13H13NO3S. The summed E-state index contributed by atoms with van der Waals surface area (Å²) in [6.07, 6.45) is -0.202. The van der Waals surface area contributed by atoms with Crippen LogP contribution in [0, 0.1) is 0 Å². The fourth-order valence-corrected chi connectivity index (χ4v) is 2.71. The molecule has 2 heterocycles. The summed E-state index contributed by atoms with van der Waals surface area (Å²) in [5.41, 5.74) is 3.43. The van der Waals surface area contributed by atoms with Crippen LogP contribution in [0.3, 0.4) is 0 Å². The van der Waals surface area contributed by atoms with Crippen LogP contribution in [0.25, 0.3) is 0 Å². The monoisotopic (exact) mass is 263 g/mol. The number of methoxy groups -OCH3 is 1. The second-order valence-electron chi connectivity index (χ2n) is 4.18. The van der Waals surface area contributed by atoms with E-state index in [4.69, 9.17) is 9.47 Å². The highest BCUT2D eigenvalue weighted by molar-refractivity contribution is 7.07. The summed E-state index contributed by atoms with van der Waals surface area (Å²) in [6.45, 7) is 0. The van der Waals surface area contributed by atoms with Crippen molar-refractivity contribution in [2.75, 3.05) is 7.11 Å². The minimum atomic E-state index is -0.546. The molecule has 1 aromatic heterocycles. The van der Waals surface area contributed by atoms with Crippen LogP contribution < -0.4 is 9.47 Å². The van der Waals surface area contributed by atoms with E-state index in [-0.39, 0.29) is 6.10 Å². The molecule has 2 atom stereocenters. The van der Waals surface area contributed by atoms with Crippen LogP contribution in [0.2, 0.25) is 0 Å². The van der Waals surface area contributed by atoms with Gasteiger partial charge in [-0.05, 0) is 18.2 Å². The normalized spacial score (nSPS) is 22.1. The molecule has 0 radical (unpaired) electrons. The van der Waals surface area contributed by atoms with Crippen molar-refractivity contribution in [3.63, 3.8) is 0 Å². The number of nitrogens with zero attached hydrogens (tertiary/aromatic N) is 1. The Morgan fingerprint density at radius 2 is 2.39 bits per heavy atom. The molecule has 1 aliphatic rings. The van der Waals surface area contributed by atoms with E-state index in [1.165, 1.54) is 11.3 Å². The van der Waals surface area contributed by atoms with Crippen LogP contribution in [-0.4, -0.2) is 17.2 Å². The predicted molar refractivity (Wildman–Crippen MR) is 68.1 cm³/mol. The number of hydrogen-bond donors (Lipinski definition) is 1. The molecule has 18 heavy (non-hydrogen) atoms. The Morgan fingerprint density at radius 1 is 1.50 bits per heavy atom. The molecule has 0 spiro atoms. The molecule has 0 amide bonds. The highest BCUT2D eigenvalue weighted by Crippen LogP contribution is 2.41. The van der Waals surface area contributed by atoms with Crippen molar-refractivity contribution in [1.82, 2.24) is 4.98 Å². The van der Waals surface area contributed by atoms with E-state index in [9.17, 15) is 5.11 Å². The number of rotatable bonds is 2. The van der Waals surface area contributed by atoms with E-state index in [1.54, 1.807) is 12.6 Å². The standard InChI is InChI=1S/C13H13NO3S/c1-16-8-2-3-12-9(4-8)11(15)5-13(17-12)10-6-18-7-14-10/h2-4,6-7,11,13,15H,5H2,1H3. The molecule has 0 aliphatic carbocycles. The first-order chi connectivity index (χ1) is 8.78. The van der Waals surface area contributed by atoms with Gasteiger partial charge in [0.1, 0.15) is 17.6 Å². The Morgan fingerprint density at radius 3 is 3.11 bits per heavy atom. The van der Waals surface area contributed by atoms with Crippen molar-refractivity contribution in [3.05, 3.63) is 40.3 Å². The van der Waals surface area contributed by atoms with E-state index >= 15 is 0 Å². The van der Waals surface area contributed by atoms with E-state index < -0.39 is 6.10 Å². The summed E-state index contributed by atoms with van der Waals surface area (Å²) >= 11 is 1.53. The van der Waals surface area contributed by atoms with Gasteiger partial charge in [-0.25, -0.2) is 4.98 Å². The van der Waals surface area contributed by atoms with Gasteiger partial charge in [-0.15, -0.1) is 11.3 Å². The van der Waals surface area contributed by atoms with Crippen molar-refractivity contribution < 1.29 is 14.6 Å². The molecular weight excluding hydrogens is 250 g/mol. The smallest absolute Gasteiger partial charge is 0.144 e. The van der Waals surface area contributed by atoms with E-state index in [1.807, 2.05) is 23.6 Å². The van der Waals surface area contributed by atoms with Crippen LogP contribution in [0.4, 0.5) is 0 Å². The van der Waals surface area contributed by atoms with Gasteiger partial charge < -0.3 is 14.6 Å². The SMILES string of the molecule is COc1ccc2c(c1)C(O)CC(c1cscn1)O2. The van der Waals surface area contributed by atoms with Gasteiger partial charge in [0.15, 0.2) is 0 Å². The first kappa shape index (κ1) is 11.5. The lowest BCUT2D eigenvalue weighted by Crippen LogP contribution is -2.19. The Bertz CT molecular complexity index is 541. The Balaban J connectivity index is 1.93. The molecule has 1 aromatic carbocycles. The molecule has 94 valence electrons. The number of hydrogen-bond acceptors (Lipinski definition) is 5. The fraction of sp³-hybridized carbons (Fsp3) is 0.308. The van der Waals surface area contributed by atoms with Crippen molar-refractivity contribution >= 4 is 11.3 Å². The molecule has 0 fully saturated rings. The van der Waals surface area contributed by atoms with Crippen molar-refractivity contribution in [2.24, 2.45) is 0 Å². The second kappa shape index (κ2) is 4.59. The number of aliphatic hydroxyl groups excluding tert-OH is 1. The van der Waals surface area contributed by atoms with Crippen molar-refractivity contribution in [2.45, 2.75) is 18.6 Å². The number of ether oxygens (including phenoxy) is 2. The lowest BCUT2D eigenvalue weighted by Gasteiger charge is -2.28. The summed E-state index contributed by atoms with van der Waals surface area (Å²) in [5.74, 6) is 1.43. The largest absolute Gasteiger partial charge is 0.497 e. The van der Waals surface area contributed by atoms with Gasteiger partial charge >= 0.3 is 0 Å². The summed E-state index contributed by atoms with van der Waals surface area (Å²) in [4.78, 5) is 4.24. The molecule has 2 unspecified atom stereocenters. The Hall–Kier alpha value is -1.59. The Labute approximate surface area is 109 Å². The van der Waals surface area contributed by atoms with Gasteiger partial charge in [0.2, 0.25) is 0 Å². The van der Waals surface area contributed by atoms with Gasteiger partial charge in [-0.3, -0.25) is 0 Å². The van der Waals surface area contributed by atoms with E-state index in [0.29, 0.717) is 12.2 Å². The van der Waals surface area contributed by atoms with Crippen LogP contribution in [0.1, 0.15) is 29.9 Å². The van der Waals surface area contributed by atoms with Crippen LogP contribution in [-0.2, 0) is 0 Å². The highest BCUT2D eigenvalue weighted by Gasteiger charge is 2.29. The maximum atomic E-state index is 10.2. The third-order valence-corrected chi connectivity index (χ3v) is 3.67. The topological polar surface area (TPSA) is 51.6 Å². The number of aromatic nitrogens is 1. The molecule has 1 aliphatic heterocycles.